The van der Waals surface area contributed by atoms with Crippen molar-refractivity contribution in [2.45, 2.75) is 70.7 Å². The van der Waals surface area contributed by atoms with E-state index in [1.54, 1.807) is 40.0 Å². The molecule has 20 aromatic rings. The molecule has 0 aliphatic carbocycles. The first kappa shape index (κ1) is 89.4. The van der Waals surface area contributed by atoms with Crippen LogP contribution in [0.2, 0.25) is 0 Å². The maximum Gasteiger partial charge on any atom is 0.207 e. The molecule has 13 aromatic carbocycles. The van der Waals surface area contributed by atoms with Crippen molar-refractivity contribution in [2.24, 2.45) is 0 Å². The van der Waals surface area contributed by atoms with Crippen molar-refractivity contribution < 1.29 is 76.2 Å². The van der Waals surface area contributed by atoms with Gasteiger partial charge in [-0.25, -0.2) is 25.5 Å². The third-order valence-corrected chi connectivity index (χ3v) is 26.1. The largest absolute Gasteiger partial charge is 0.619 e. The van der Waals surface area contributed by atoms with Crippen LogP contribution in [0.4, 0.5) is 0 Å². The van der Waals surface area contributed by atoms with Crippen LogP contribution in [0.3, 0.4) is 0 Å². The van der Waals surface area contributed by atoms with Crippen molar-refractivity contribution in [3.63, 3.8) is 0 Å². The maximum absolute atomic E-state index is 14.6. The van der Waals surface area contributed by atoms with Crippen molar-refractivity contribution in [3.05, 3.63) is 411 Å². The van der Waals surface area contributed by atoms with Crippen LogP contribution in [0, 0.1) is 71.0 Å². The van der Waals surface area contributed by atoms with Gasteiger partial charge in [0.1, 0.15) is 0 Å². The molecule has 634 valence electrons. The van der Waals surface area contributed by atoms with Gasteiger partial charge < -0.3 is 39.7 Å². The zero-order valence-electron chi connectivity index (χ0n) is 69.8. The van der Waals surface area contributed by atoms with Crippen molar-refractivity contribution in [1.29, 1.82) is 0 Å². The summed E-state index contributed by atoms with van der Waals surface area (Å²) in [5.41, 5.74) is 25.7. The molecule has 21 heteroatoms. The zero-order valence-corrected chi connectivity index (χ0v) is 78.3. The molecular formula is C105H81N13O3PPt3S-9. The van der Waals surface area contributed by atoms with Crippen LogP contribution in [-0.2, 0) is 83.1 Å². The molecule has 0 N–H and O–H groups in total. The first-order valence-corrected chi connectivity index (χ1v) is 43.3. The number of fused-ring (bicyclic) bond motifs is 9. The quantitative estimate of drug-likeness (QED) is 0.0931. The van der Waals surface area contributed by atoms with Gasteiger partial charge in [-0.3, -0.25) is 14.0 Å². The molecule has 0 fully saturated rings. The van der Waals surface area contributed by atoms with E-state index in [4.69, 9.17) is 0 Å². The van der Waals surface area contributed by atoms with Gasteiger partial charge in [0.2, 0.25) is 9.84 Å². The van der Waals surface area contributed by atoms with Crippen LogP contribution in [0.15, 0.2) is 356 Å². The van der Waals surface area contributed by atoms with Crippen LogP contribution < -0.4 is 31.2 Å². The molecular weight excluding hydrogens is 2140 g/mol. The zero-order chi connectivity index (χ0) is 84.8. The summed E-state index contributed by atoms with van der Waals surface area (Å²) in [6, 6.07) is 125. The Bertz CT molecular complexity index is 7080. The van der Waals surface area contributed by atoms with Gasteiger partial charge in [-0.1, -0.05) is 168 Å². The van der Waals surface area contributed by atoms with E-state index in [1.165, 1.54) is 27.4 Å². The van der Waals surface area contributed by atoms with E-state index < -0.39 is 17.0 Å². The topological polar surface area (TPSA) is 191 Å². The second-order valence-corrected chi connectivity index (χ2v) is 35.3. The molecule has 7 aromatic heterocycles. The van der Waals surface area contributed by atoms with E-state index in [-0.39, 0.29) is 68.7 Å². The smallest absolute Gasteiger partial charge is 0.207 e. The Morgan fingerprint density at radius 1 is 0.365 bits per heavy atom. The number of hydrogen-bond donors (Lipinski definition) is 0. The van der Waals surface area contributed by atoms with Crippen LogP contribution >= 0.6 is 7.14 Å². The van der Waals surface area contributed by atoms with Gasteiger partial charge in [-0.05, 0) is 126 Å². The monoisotopic (exact) mass is 2220 g/mol. The molecule has 1 unspecified atom stereocenters. The standard InChI is InChI=1S/C27H26N3.C27H18N2OP.C21H13N2O2S.3C10H8N2.3Pt/c1-18-16-19(2)30(28-18)22-13-10-20(11-14-22)21-12-15-24-23-8-6-7-9-25(23)29(26(24)17-21)27(3,4)5;30-31(23-7-2-1-3-8-23)26-10-5-4-9-24(26)25-16-13-21(19-27(25)31)20-11-14-22(15-12-20)29-18-6-17-28-29;24-26(25)20-5-2-1-4-18(20)19-11-8-16(14-21(19)26)15-6-9-17(10-7-15)23-13-3-12-22-23;3*1-8-7-10(12-11-8)9-5-3-2-4-6-9;;;/h6-13,15-17H,1-5H3;1-14,16-19H;1-9,11-14H;3*2-5,7H,1H3;;;/q3*-1;3*-2;;;. The predicted molar refractivity (Wildman–Crippen MR) is 490 cm³/mol. The van der Waals surface area contributed by atoms with Gasteiger partial charge >= 0.3 is 0 Å². The molecule has 22 rings (SSSR count). The van der Waals surface area contributed by atoms with Crippen LogP contribution in [0.1, 0.15) is 49.2 Å². The fourth-order valence-electron chi connectivity index (χ4n) is 15.4. The van der Waals surface area contributed by atoms with E-state index >= 15 is 0 Å². The average molecular weight is 2220 g/mol. The maximum atomic E-state index is 14.6. The van der Waals surface area contributed by atoms with E-state index in [9.17, 15) is 13.0 Å². The van der Waals surface area contributed by atoms with Crippen LogP contribution in [0.5, 0.6) is 0 Å². The number of nitrogens with zero attached hydrogens (tertiary/aromatic N) is 13. The van der Waals surface area contributed by atoms with E-state index in [1.807, 2.05) is 251 Å². The van der Waals surface area contributed by atoms with Gasteiger partial charge in [-0.15, -0.1) is 126 Å². The van der Waals surface area contributed by atoms with Crippen molar-refractivity contribution in [2.75, 3.05) is 0 Å². The minimum atomic E-state index is -3.46. The Balaban J connectivity index is 0.000000127. The Morgan fingerprint density at radius 3 is 1.28 bits per heavy atom. The molecule has 0 bridgehead atoms. The van der Waals surface area contributed by atoms with Crippen LogP contribution in [0.25, 0.3) is 128 Å². The van der Waals surface area contributed by atoms with Gasteiger partial charge in [0, 0.05) is 165 Å². The van der Waals surface area contributed by atoms with Gasteiger partial charge in [0.15, 0.2) is 7.14 Å². The summed E-state index contributed by atoms with van der Waals surface area (Å²) in [7, 11) is -6.39. The Hall–Kier alpha value is -12.8. The number of sulfone groups is 1. The number of aromatic nitrogens is 13. The molecule has 1 atom stereocenters. The number of para-hydroxylation sites is 1. The number of aryl methyl sites for hydroxylation is 5. The Kier molecular flexibility index (Phi) is 27.8. The fourth-order valence-corrected chi connectivity index (χ4v) is 20.2. The van der Waals surface area contributed by atoms with E-state index in [0.29, 0.717) is 9.79 Å². The van der Waals surface area contributed by atoms with Gasteiger partial charge in [0.25, 0.3) is 0 Å². The second-order valence-electron chi connectivity index (χ2n) is 30.7. The first-order chi connectivity index (χ1) is 59.8. The van der Waals surface area contributed by atoms with Gasteiger partial charge in [0.05, 0.1) is 15.5 Å². The third kappa shape index (κ3) is 19.0. The normalized spacial score (nSPS) is 12.8. The van der Waals surface area contributed by atoms with Gasteiger partial charge in [-0.2, -0.15) is 86.6 Å². The summed E-state index contributed by atoms with van der Waals surface area (Å²) in [6.45, 7) is 16.7. The minimum absolute atomic E-state index is 0. The molecule has 2 aliphatic heterocycles. The summed E-state index contributed by atoms with van der Waals surface area (Å²) < 4.78 is 48.2. The summed E-state index contributed by atoms with van der Waals surface area (Å²) in [5.74, 6) is 0. The average Bonchev–Trinajstić information content (AvgIpc) is 1.56. The molecule has 126 heavy (non-hydrogen) atoms. The minimum Gasteiger partial charge on any atom is -0.619 e. The SMILES string of the molecule is Cc1cc(-c2[c-]cccc2)[n-]n1.Cc1cc(-c2[c-]cccc2)[n-]n1.Cc1cc(-c2[c-]cccc2)[n-]n1.Cc1cc(C)n(-c2[c-]cc(-c3ccc4c5ccccc5n(C(C)(C)C)c4c3)cc2)n1.O=P1(c2ccccc2)c2ccccc2-c2ccc(-c3c[c-]c(-n4cccn4)cc3)cc21.O=S1(=O)c2ccccc2-c2ccc(-c3c[c-]c(-n4cccn4)cc3)cc21.[Pt].[Pt].[Pt]. The third-order valence-electron chi connectivity index (χ3n) is 21.1. The number of benzene rings is 13. The molecule has 0 spiro atoms. The predicted octanol–water partition coefficient (Wildman–Crippen LogP) is 21.4. The summed E-state index contributed by atoms with van der Waals surface area (Å²) in [5, 5.41) is 42.1. The number of rotatable bonds is 10. The molecule has 0 amide bonds. The summed E-state index contributed by atoms with van der Waals surface area (Å²) in [6.07, 6.45) is 7.21. The van der Waals surface area contributed by atoms with Crippen molar-refractivity contribution >= 4 is 54.7 Å². The van der Waals surface area contributed by atoms with E-state index in [2.05, 4.69) is 212 Å². The van der Waals surface area contributed by atoms with Crippen molar-refractivity contribution in [3.8, 4) is 106 Å². The molecule has 0 saturated carbocycles. The molecule has 9 heterocycles. The summed E-state index contributed by atoms with van der Waals surface area (Å²) in [4.78, 5) is 0.750. The molecule has 0 radical (unpaired) electrons. The first-order valence-electron chi connectivity index (χ1n) is 40.2. The number of hydrogen-bond acceptors (Lipinski definition) is 9. The second kappa shape index (κ2) is 39.1. The molecule has 16 nitrogen and oxygen atoms in total. The van der Waals surface area contributed by atoms with Crippen LogP contribution in [-0.4, -0.2) is 57.6 Å². The molecule has 2 aliphatic rings. The van der Waals surface area contributed by atoms with Crippen molar-refractivity contribution in [1.82, 2.24) is 64.5 Å². The fraction of sp³-hybridized carbons (Fsp3) is 0.0857. The van der Waals surface area contributed by atoms with E-state index in [0.717, 1.165) is 145 Å². The Morgan fingerprint density at radius 2 is 0.802 bits per heavy atom. The Labute approximate surface area is 777 Å². The summed E-state index contributed by atoms with van der Waals surface area (Å²) >= 11 is 0. The molecule has 0 saturated heterocycles.